The molecule has 1 aromatic heterocycles. The lowest BCUT2D eigenvalue weighted by Gasteiger charge is -2.03. The van der Waals surface area contributed by atoms with Gasteiger partial charge in [-0.1, -0.05) is 17.4 Å². The van der Waals surface area contributed by atoms with E-state index in [1.54, 1.807) is 0 Å². The van der Waals surface area contributed by atoms with Crippen molar-refractivity contribution in [3.63, 3.8) is 0 Å². The highest BCUT2D eigenvalue weighted by molar-refractivity contribution is 7.80. The molecule has 0 saturated carbocycles. The molecule has 72 valence electrons. The second kappa shape index (κ2) is 3.39. The van der Waals surface area contributed by atoms with E-state index in [9.17, 15) is 0 Å². The van der Waals surface area contributed by atoms with Gasteiger partial charge in [0.25, 0.3) is 0 Å². The molecule has 0 aliphatic rings. The van der Waals surface area contributed by atoms with Crippen molar-refractivity contribution in [2.45, 2.75) is 0 Å². The first-order chi connectivity index (χ1) is 6.66. The summed E-state index contributed by atoms with van der Waals surface area (Å²) in [4.78, 5) is 4.18. The van der Waals surface area contributed by atoms with Crippen LogP contribution in [0.1, 0.15) is 0 Å². The quantitative estimate of drug-likeness (QED) is 0.640. The largest absolute Gasteiger partial charge is 0.376 e. The highest BCUT2D eigenvalue weighted by Crippen LogP contribution is 2.28. The number of nitrogens with two attached hydrogens (primary N) is 2. The van der Waals surface area contributed by atoms with Crippen LogP contribution >= 0.6 is 23.6 Å². The first-order valence-electron chi connectivity index (χ1n) is 3.88. The molecule has 2 rings (SSSR count). The monoisotopic (exact) mass is 224 g/mol. The summed E-state index contributed by atoms with van der Waals surface area (Å²) in [6.07, 6.45) is 0. The Morgan fingerprint density at radius 2 is 2.29 bits per heavy atom. The number of rotatable bonds is 1. The van der Waals surface area contributed by atoms with Gasteiger partial charge in [0.15, 0.2) is 10.2 Å². The average molecular weight is 224 g/mol. The summed E-state index contributed by atoms with van der Waals surface area (Å²) in [5.41, 5.74) is 12.6. The van der Waals surface area contributed by atoms with Crippen molar-refractivity contribution in [2.75, 3.05) is 11.1 Å². The molecule has 0 bridgehead atoms. The van der Waals surface area contributed by atoms with E-state index in [0.717, 1.165) is 15.9 Å². The molecule has 0 fully saturated rings. The Bertz CT molecular complexity index is 491. The Morgan fingerprint density at radius 3 is 3.00 bits per heavy atom. The number of thiazole rings is 1. The minimum absolute atomic E-state index is 0.226. The van der Waals surface area contributed by atoms with Crippen LogP contribution in [0.3, 0.4) is 0 Å². The van der Waals surface area contributed by atoms with E-state index < -0.39 is 0 Å². The van der Waals surface area contributed by atoms with Gasteiger partial charge in [-0.3, -0.25) is 0 Å². The van der Waals surface area contributed by atoms with Gasteiger partial charge in [0.2, 0.25) is 0 Å². The van der Waals surface area contributed by atoms with Gasteiger partial charge >= 0.3 is 0 Å². The molecule has 14 heavy (non-hydrogen) atoms. The van der Waals surface area contributed by atoms with Gasteiger partial charge < -0.3 is 16.8 Å². The van der Waals surface area contributed by atoms with Crippen LogP contribution in [0, 0.1) is 0 Å². The standard InChI is InChI=1S/C8H8N4S2/c9-7(13)11-4-2-1-3-5-6(4)12-8(10)14-5/h1-3H,(H2,10,12)(H3,9,11,13). The first-order valence-corrected chi connectivity index (χ1v) is 5.11. The zero-order valence-corrected chi connectivity index (χ0v) is 8.78. The van der Waals surface area contributed by atoms with E-state index in [1.165, 1.54) is 11.3 Å². The van der Waals surface area contributed by atoms with E-state index in [-0.39, 0.29) is 5.11 Å². The summed E-state index contributed by atoms with van der Waals surface area (Å²) in [7, 11) is 0. The van der Waals surface area contributed by atoms with Crippen LogP contribution in [0.15, 0.2) is 18.2 Å². The topological polar surface area (TPSA) is 77.0 Å². The minimum atomic E-state index is 0.226. The zero-order chi connectivity index (χ0) is 10.1. The Balaban J connectivity index is 2.58. The van der Waals surface area contributed by atoms with E-state index in [4.69, 9.17) is 23.7 Å². The summed E-state index contributed by atoms with van der Waals surface area (Å²) >= 11 is 6.19. The van der Waals surface area contributed by atoms with Crippen LogP contribution in [-0.2, 0) is 0 Å². The van der Waals surface area contributed by atoms with Gasteiger partial charge in [-0.15, -0.1) is 0 Å². The number of hydrogen-bond acceptors (Lipinski definition) is 4. The number of hydrogen-bond donors (Lipinski definition) is 3. The number of para-hydroxylation sites is 1. The number of aromatic nitrogens is 1. The van der Waals surface area contributed by atoms with Crippen LogP contribution in [-0.4, -0.2) is 10.1 Å². The molecule has 0 atom stereocenters. The number of benzene rings is 1. The molecule has 0 spiro atoms. The second-order valence-corrected chi connectivity index (χ2v) is 4.20. The first kappa shape index (κ1) is 9.17. The molecule has 0 aliphatic heterocycles. The van der Waals surface area contributed by atoms with Gasteiger partial charge in [0, 0.05) is 0 Å². The molecule has 0 saturated heterocycles. The Labute approximate surface area is 89.9 Å². The molecule has 6 heteroatoms. The molecular weight excluding hydrogens is 216 g/mol. The van der Waals surface area contributed by atoms with Crippen LogP contribution in [0.2, 0.25) is 0 Å². The Kier molecular flexibility index (Phi) is 2.22. The molecule has 0 radical (unpaired) electrons. The maximum Gasteiger partial charge on any atom is 0.181 e. The average Bonchev–Trinajstić information content (AvgIpc) is 2.45. The summed E-state index contributed by atoms with van der Waals surface area (Å²) in [5.74, 6) is 0. The van der Waals surface area contributed by atoms with Crippen LogP contribution in [0.25, 0.3) is 10.2 Å². The number of nitrogens with one attached hydrogen (secondary N) is 1. The number of nitrogens with zero attached hydrogens (tertiary/aromatic N) is 1. The smallest absolute Gasteiger partial charge is 0.181 e. The summed E-state index contributed by atoms with van der Waals surface area (Å²) in [6.45, 7) is 0. The zero-order valence-electron chi connectivity index (χ0n) is 7.15. The number of nitrogen functional groups attached to an aromatic ring is 1. The number of fused-ring (bicyclic) bond motifs is 1. The molecule has 0 aliphatic carbocycles. The van der Waals surface area contributed by atoms with Crippen molar-refractivity contribution in [3.8, 4) is 0 Å². The molecule has 2 aromatic rings. The highest BCUT2D eigenvalue weighted by Gasteiger charge is 2.05. The van der Waals surface area contributed by atoms with Gasteiger partial charge in [-0.2, -0.15) is 0 Å². The number of thiocarbonyl (C=S) groups is 1. The normalized spacial score (nSPS) is 10.3. The molecule has 0 amide bonds. The lowest BCUT2D eigenvalue weighted by molar-refractivity contribution is 1.49. The van der Waals surface area contributed by atoms with Crippen molar-refractivity contribution < 1.29 is 0 Å². The lowest BCUT2D eigenvalue weighted by Crippen LogP contribution is -2.18. The van der Waals surface area contributed by atoms with Crippen LogP contribution in [0.5, 0.6) is 0 Å². The third-order valence-electron chi connectivity index (χ3n) is 1.69. The van der Waals surface area contributed by atoms with Crippen LogP contribution < -0.4 is 16.8 Å². The van der Waals surface area contributed by atoms with E-state index >= 15 is 0 Å². The predicted octanol–water partition coefficient (Wildman–Crippen LogP) is 1.53. The summed E-state index contributed by atoms with van der Waals surface area (Å²) in [5, 5.41) is 3.62. The van der Waals surface area contributed by atoms with Gasteiger partial charge in [0.1, 0.15) is 5.52 Å². The maximum atomic E-state index is 5.61. The van der Waals surface area contributed by atoms with Crippen molar-refractivity contribution in [1.82, 2.24) is 4.98 Å². The van der Waals surface area contributed by atoms with Crippen molar-refractivity contribution in [2.24, 2.45) is 5.73 Å². The predicted molar refractivity (Wildman–Crippen MR) is 64.4 cm³/mol. The third-order valence-corrected chi connectivity index (χ3v) is 2.65. The van der Waals surface area contributed by atoms with Crippen molar-refractivity contribution in [3.05, 3.63) is 18.2 Å². The van der Waals surface area contributed by atoms with Crippen molar-refractivity contribution >= 4 is 49.7 Å². The molecule has 5 N–H and O–H groups in total. The second-order valence-electron chi connectivity index (χ2n) is 2.69. The fraction of sp³-hybridized carbons (Fsp3) is 0. The molecule has 4 nitrogen and oxygen atoms in total. The summed E-state index contributed by atoms with van der Waals surface area (Å²) in [6, 6.07) is 5.72. The van der Waals surface area contributed by atoms with Crippen LogP contribution in [0.4, 0.5) is 10.8 Å². The molecule has 1 aromatic carbocycles. The van der Waals surface area contributed by atoms with E-state index in [1.807, 2.05) is 18.2 Å². The van der Waals surface area contributed by atoms with Gasteiger partial charge in [0.05, 0.1) is 10.4 Å². The fourth-order valence-electron chi connectivity index (χ4n) is 1.20. The minimum Gasteiger partial charge on any atom is -0.376 e. The lowest BCUT2D eigenvalue weighted by atomic mass is 10.3. The molecule has 1 heterocycles. The fourth-order valence-corrected chi connectivity index (χ4v) is 2.07. The van der Waals surface area contributed by atoms with Gasteiger partial charge in [-0.05, 0) is 24.4 Å². The molecular formula is C8H8N4S2. The Morgan fingerprint density at radius 1 is 1.50 bits per heavy atom. The Hall–Kier alpha value is -1.40. The van der Waals surface area contributed by atoms with E-state index in [2.05, 4.69) is 10.3 Å². The van der Waals surface area contributed by atoms with Gasteiger partial charge in [-0.25, -0.2) is 4.98 Å². The van der Waals surface area contributed by atoms with Crippen molar-refractivity contribution in [1.29, 1.82) is 0 Å². The number of anilines is 2. The third kappa shape index (κ3) is 1.61. The highest BCUT2D eigenvalue weighted by atomic mass is 32.1. The maximum absolute atomic E-state index is 5.61. The van der Waals surface area contributed by atoms with E-state index in [0.29, 0.717) is 5.13 Å². The SMILES string of the molecule is NC(=S)Nc1cccc2sc(N)nc12. The summed E-state index contributed by atoms with van der Waals surface area (Å²) < 4.78 is 1.02. The molecule has 0 unspecified atom stereocenters.